The first kappa shape index (κ1) is 20.6. The highest BCUT2D eigenvalue weighted by atomic mass is 16.2. The van der Waals surface area contributed by atoms with Crippen LogP contribution in [0.5, 0.6) is 0 Å². The third-order valence-electron chi connectivity index (χ3n) is 5.21. The Morgan fingerprint density at radius 3 is 2.10 bits per heavy atom. The first-order valence-electron chi connectivity index (χ1n) is 9.67. The third kappa shape index (κ3) is 4.16. The van der Waals surface area contributed by atoms with Gasteiger partial charge in [-0.1, -0.05) is 60.7 Å². The molecule has 4 amide bonds. The Bertz CT molecular complexity index is 906. The fraction of sp³-hybridized carbons (Fsp3) is 0.348. The maximum Gasteiger partial charge on any atom is 0.325 e. The number of hydrogen-bond acceptors (Lipinski definition) is 3. The molecular formula is C23H27N3O3. The summed E-state index contributed by atoms with van der Waals surface area (Å²) in [5, 5.41) is 2.75. The summed E-state index contributed by atoms with van der Waals surface area (Å²) in [5.41, 5.74) is 0.0341. The summed E-state index contributed by atoms with van der Waals surface area (Å²) in [6.45, 7) is 7.59. The molecule has 6 heteroatoms. The second-order valence-electron chi connectivity index (χ2n) is 8.45. The van der Waals surface area contributed by atoms with Gasteiger partial charge in [0.25, 0.3) is 5.91 Å². The molecule has 0 aromatic heterocycles. The molecule has 1 saturated heterocycles. The van der Waals surface area contributed by atoms with Crippen molar-refractivity contribution < 1.29 is 14.4 Å². The minimum absolute atomic E-state index is 0.276. The zero-order chi connectivity index (χ0) is 21.2. The van der Waals surface area contributed by atoms with Crippen molar-refractivity contribution in [1.29, 1.82) is 0 Å². The summed E-state index contributed by atoms with van der Waals surface area (Å²) in [6.07, 6.45) is 0. The van der Waals surface area contributed by atoms with Gasteiger partial charge in [-0.3, -0.25) is 14.5 Å². The lowest BCUT2D eigenvalue weighted by Crippen LogP contribution is -2.50. The van der Waals surface area contributed by atoms with E-state index in [1.807, 2.05) is 69.3 Å². The van der Waals surface area contributed by atoms with Crippen molar-refractivity contribution in [3.63, 3.8) is 0 Å². The molecule has 1 fully saturated rings. The summed E-state index contributed by atoms with van der Waals surface area (Å²) in [5.74, 6) is -0.696. The quantitative estimate of drug-likeness (QED) is 0.793. The van der Waals surface area contributed by atoms with Crippen LogP contribution >= 0.6 is 0 Å². The standard InChI is InChI=1S/C23H27N3O3/c1-22(2,3)26(15-17-11-7-5-8-12-17)19(27)16-25-20(28)23(4,24-21(25)29)18-13-9-6-10-14-18/h5-14H,15-16H2,1-4H3,(H,24,29)/t23-/m1/s1. The molecule has 2 aromatic rings. The summed E-state index contributed by atoms with van der Waals surface area (Å²) < 4.78 is 0. The van der Waals surface area contributed by atoms with Crippen molar-refractivity contribution in [3.8, 4) is 0 Å². The highest BCUT2D eigenvalue weighted by Gasteiger charge is 2.49. The second-order valence-corrected chi connectivity index (χ2v) is 8.45. The molecule has 0 bridgehead atoms. The second kappa shape index (κ2) is 7.70. The van der Waals surface area contributed by atoms with Crippen LogP contribution in [0.25, 0.3) is 0 Å². The van der Waals surface area contributed by atoms with E-state index in [2.05, 4.69) is 5.32 Å². The molecule has 1 aliphatic heterocycles. The van der Waals surface area contributed by atoms with Crippen LogP contribution in [0.3, 0.4) is 0 Å². The Kier molecular flexibility index (Phi) is 5.46. The van der Waals surface area contributed by atoms with E-state index >= 15 is 0 Å². The van der Waals surface area contributed by atoms with E-state index in [1.165, 1.54) is 0 Å². The topological polar surface area (TPSA) is 69.7 Å². The third-order valence-corrected chi connectivity index (χ3v) is 5.21. The van der Waals surface area contributed by atoms with Gasteiger partial charge in [-0.25, -0.2) is 4.79 Å². The number of benzene rings is 2. The maximum atomic E-state index is 13.1. The fourth-order valence-electron chi connectivity index (χ4n) is 3.49. The van der Waals surface area contributed by atoms with Gasteiger partial charge in [0.1, 0.15) is 12.1 Å². The molecule has 152 valence electrons. The molecule has 29 heavy (non-hydrogen) atoms. The lowest BCUT2D eigenvalue weighted by molar-refractivity contribution is -0.142. The number of amides is 4. The first-order valence-corrected chi connectivity index (χ1v) is 9.67. The molecular weight excluding hydrogens is 366 g/mol. The van der Waals surface area contributed by atoms with Crippen LogP contribution in [-0.2, 0) is 21.7 Å². The SMILES string of the molecule is CC(C)(C)N(Cc1ccccc1)C(=O)CN1C(=O)N[C@](C)(c2ccccc2)C1=O. The molecule has 1 atom stereocenters. The summed E-state index contributed by atoms with van der Waals surface area (Å²) >= 11 is 0. The van der Waals surface area contributed by atoms with Crippen LogP contribution in [0.15, 0.2) is 60.7 Å². The minimum Gasteiger partial charge on any atom is -0.332 e. The monoisotopic (exact) mass is 393 g/mol. The molecule has 0 spiro atoms. The zero-order valence-electron chi connectivity index (χ0n) is 17.3. The Balaban J connectivity index is 1.81. The predicted octanol–water partition coefficient (Wildman–Crippen LogP) is 3.28. The lowest BCUT2D eigenvalue weighted by atomic mass is 9.92. The van der Waals surface area contributed by atoms with E-state index in [9.17, 15) is 14.4 Å². The Labute approximate surface area is 171 Å². The van der Waals surface area contributed by atoms with Crippen molar-refractivity contribution in [2.75, 3.05) is 6.54 Å². The first-order chi connectivity index (χ1) is 13.6. The van der Waals surface area contributed by atoms with E-state index in [0.717, 1.165) is 10.5 Å². The van der Waals surface area contributed by atoms with Crippen LogP contribution in [0.1, 0.15) is 38.8 Å². The molecule has 0 aliphatic carbocycles. The van der Waals surface area contributed by atoms with Gasteiger partial charge in [-0.05, 0) is 38.8 Å². The van der Waals surface area contributed by atoms with Crippen LogP contribution < -0.4 is 5.32 Å². The fourth-order valence-corrected chi connectivity index (χ4v) is 3.49. The predicted molar refractivity (Wildman–Crippen MR) is 111 cm³/mol. The van der Waals surface area contributed by atoms with Crippen molar-refractivity contribution in [1.82, 2.24) is 15.1 Å². The number of urea groups is 1. The number of carbonyl (C=O) groups is 3. The Hall–Kier alpha value is -3.15. The number of hydrogen-bond donors (Lipinski definition) is 1. The number of imide groups is 1. The summed E-state index contributed by atoms with van der Waals surface area (Å²) in [7, 11) is 0. The van der Waals surface area contributed by atoms with Gasteiger partial charge in [-0.2, -0.15) is 0 Å². The summed E-state index contributed by atoms with van der Waals surface area (Å²) in [6, 6.07) is 18.2. The molecule has 1 N–H and O–H groups in total. The number of carbonyl (C=O) groups excluding carboxylic acids is 3. The highest BCUT2D eigenvalue weighted by molar-refractivity contribution is 6.09. The van der Waals surface area contributed by atoms with Gasteiger partial charge in [0, 0.05) is 12.1 Å². The smallest absolute Gasteiger partial charge is 0.325 e. The Morgan fingerprint density at radius 1 is 1.00 bits per heavy atom. The molecule has 2 aromatic carbocycles. The highest BCUT2D eigenvalue weighted by Crippen LogP contribution is 2.29. The van der Waals surface area contributed by atoms with Gasteiger partial charge < -0.3 is 10.2 Å². The van der Waals surface area contributed by atoms with Gasteiger partial charge in [-0.15, -0.1) is 0 Å². The van der Waals surface area contributed by atoms with Gasteiger partial charge >= 0.3 is 6.03 Å². The molecule has 0 saturated carbocycles. The molecule has 1 heterocycles. The Morgan fingerprint density at radius 2 is 1.55 bits per heavy atom. The zero-order valence-corrected chi connectivity index (χ0v) is 17.3. The molecule has 0 radical (unpaired) electrons. The number of nitrogens with one attached hydrogen (secondary N) is 1. The van der Waals surface area contributed by atoms with Crippen LogP contribution in [-0.4, -0.2) is 39.7 Å². The van der Waals surface area contributed by atoms with E-state index < -0.39 is 23.0 Å². The normalized spacial score (nSPS) is 19.2. The van der Waals surface area contributed by atoms with E-state index in [4.69, 9.17) is 0 Å². The number of nitrogens with zero attached hydrogens (tertiary/aromatic N) is 2. The molecule has 0 unspecified atom stereocenters. The van der Waals surface area contributed by atoms with Crippen LogP contribution in [0, 0.1) is 0 Å². The van der Waals surface area contributed by atoms with E-state index in [1.54, 1.807) is 24.0 Å². The van der Waals surface area contributed by atoms with Crippen molar-refractivity contribution >= 4 is 17.8 Å². The van der Waals surface area contributed by atoms with Crippen LogP contribution in [0.2, 0.25) is 0 Å². The van der Waals surface area contributed by atoms with Gasteiger partial charge in [0.05, 0.1) is 0 Å². The van der Waals surface area contributed by atoms with Crippen molar-refractivity contribution in [2.45, 2.75) is 45.3 Å². The summed E-state index contributed by atoms with van der Waals surface area (Å²) in [4.78, 5) is 41.5. The van der Waals surface area contributed by atoms with Crippen molar-refractivity contribution in [3.05, 3.63) is 71.8 Å². The number of rotatable bonds is 5. The van der Waals surface area contributed by atoms with Gasteiger partial charge in [0.2, 0.25) is 5.91 Å². The molecule has 6 nitrogen and oxygen atoms in total. The van der Waals surface area contributed by atoms with Crippen LogP contribution in [0.4, 0.5) is 4.79 Å². The molecule has 3 rings (SSSR count). The average Bonchev–Trinajstić information content (AvgIpc) is 2.90. The largest absolute Gasteiger partial charge is 0.332 e. The van der Waals surface area contributed by atoms with Crippen molar-refractivity contribution in [2.24, 2.45) is 0 Å². The lowest BCUT2D eigenvalue weighted by Gasteiger charge is -2.36. The van der Waals surface area contributed by atoms with Gasteiger partial charge in [0.15, 0.2) is 0 Å². The van der Waals surface area contributed by atoms with E-state index in [-0.39, 0.29) is 12.5 Å². The average molecular weight is 393 g/mol. The molecule has 1 aliphatic rings. The van der Waals surface area contributed by atoms with E-state index in [0.29, 0.717) is 12.1 Å². The maximum absolute atomic E-state index is 13.1. The minimum atomic E-state index is -1.18.